The number of aromatic nitrogens is 1. The van der Waals surface area contributed by atoms with Crippen molar-refractivity contribution in [2.75, 3.05) is 40.3 Å². The smallest absolute Gasteiger partial charge is 0.349 e. The minimum absolute atomic E-state index is 0.0406. The molecular formula is C38H47N4O8S2+. The van der Waals surface area contributed by atoms with Crippen LogP contribution < -0.4 is 10.9 Å². The van der Waals surface area contributed by atoms with E-state index in [4.69, 9.17) is 9.47 Å². The number of amides is 1. The number of nitrogens with one attached hydrogen (secondary N) is 2. The summed E-state index contributed by atoms with van der Waals surface area (Å²) in [6.07, 6.45) is 3.43. The number of H-pyrrole nitrogens is 1. The number of carbonyl (C=O) groups excluding carboxylic acids is 2. The Morgan fingerprint density at radius 1 is 1.06 bits per heavy atom. The van der Waals surface area contributed by atoms with Gasteiger partial charge in [-0.2, -0.15) is 0 Å². The van der Waals surface area contributed by atoms with Crippen molar-refractivity contribution in [2.24, 2.45) is 0 Å². The fraction of sp³-hybridized carbons (Fsp3) is 0.500. The van der Waals surface area contributed by atoms with Gasteiger partial charge in [-0.1, -0.05) is 24.6 Å². The van der Waals surface area contributed by atoms with Crippen LogP contribution in [0.3, 0.4) is 0 Å². The van der Waals surface area contributed by atoms with E-state index in [-0.39, 0.29) is 47.6 Å². The summed E-state index contributed by atoms with van der Waals surface area (Å²) in [5, 5.41) is 40.1. The number of aromatic hydroxyl groups is 1. The normalized spacial score (nSPS) is 25.5. The summed E-state index contributed by atoms with van der Waals surface area (Å²) < 4.78 is 12.9. The molecule has 14 heteroatoms. The molecule has 0 radical (unpaired) electrons. The molecule has 52 heavy (non-hydrogen) atoms. The van der Waals surface area contributed by atoms with Crippen molar-refractivity contribution in [3.63, 3.8) is 0 Å². The Morgan fingerprint density at radius 3 is 2.40 bits per heavy atom. The number of phenolic OH excluding ortho intramolecular Hbond substituents is 1. The number of carbonyl (C=O) groups is 2. The number of hydrogen-bond donors (Lipinski definition) is 5. The molecule has 5 N–H and O–H groups in total. The average molecular weight is 752 g/mol. The number of rotatable bonds is 16. The van der Waals surface area contributed by atoms with Gasteiger partial charge in [-0.3, -0.25) is 9.59 Å². The molecule has 6 heterocycles. The third kappa shape index (κ3) is 7.05. The zero-order valence-corrected chi connectivity index (χ0v) is 31.0. The number of piperidine rings is 1. The highest BCUT2D eigenvalue weighted by Crippen LogP contribution is 2.53. The van der Waals surface area contributed by atoms with Crippen LogP contribution in [0.2, 0.25) is 0 Å². The number of esters is 1. The van der Waals surface area contributed by atoms with Crippen LogP contribution in [-0.4, -0.2) is 112 Å². The summed E-state index contributed by atoms with van der Waals surface area (Å²) in [6, 6.07) is 13.6. The number of morpholine rings is 1. The first-order valence-electron chi connectivity index (χ1n) is 18.0. The Kier molecular flexibility index (Phi) is 10.6. The van der Waals surface area contributed by atoms with Crippen LogP contribution in [-0.2, 0) is 24.7 Å². The van der Waals surface area contributed by atoms with Crippen molar-refractivity contribution in [1.29, 1.82) is 0 Å². The van der Waals surface area contributed by atoms with E-state index >= 15 is 0 Å². The molecule has 3 fully saturated rings. The number of nitrogens with zero attached hydrogens (tertiary/aromatic N) is 2. The summed E-state index contributed by atoms with van der Waals surface area (Å²) in [5.41, 5.74) is -1.21. The van der Waals surface area contributed by atoms with Crippen LogP contribution in [0.15, 0.2) is 64.1 Å². The number of hydrogen-bond acceptors (Lipinski definition) is 11. The lowest BCUT2D eigenvalue weighted by molar-refractivity contribution is -0.955. The summed E-state index contributed by atoms with van der Waals surface area (Å²) in [6.45, 7) is 2.43. The van der Waals surface area contributed by atoms with Crippen molar-refractivity contribution in [3.8, 4) is 5.75 Å². The summed E-state index contributed by atoms with van der Waals surface area (Å²) in [5.74, 6) is -0.555. The van der Waals surface area contributed by atoms with Gasteiger partial charge in [0.05, 0.1) is 41.5 Å². The monoisotopic (exact) mass is 751 g/mol. The van der Waals surface area contributed by atoms with Crippen molar-refractivity contribution < 1.29 is 38.9 Å². The lowest BCUT2D eigenvalue weighted by Gasteiger charge is -2.48. The van der Waals surface area contributed by atoms with Crippen LogP contribution in [0.4, 0.5) is 0 Å². The number of epoxide rings is 1. The van der Waals surface area contributed by atoms with Gasteiger partial charge in [0.15, 0.2) is 0 Å². The number of fused-ring (bicyclic) bond motifs is 6. The van der Waals surface area contributed by atoms with Crippen molar-refractivity contribution >= 4 is 45.5 Å². The van der Waals surface area contributed by atoms with E-state index in [0.717, 1.165) is 30.3 Å². The first-order valence-corrected chi connectivity index (χ1v) is 19.8. The molecule has 3 aliphatic rings. The number of aromatic amines is 1. The maximum Gasteiger partial charge on any atom is 0.349 e. The molecule has 4 unspecified atom stereocenters. The number of phenols is 1. The van der Waals surface area contributed by atoms with Crippen LogP contribution in [0.1, 0.15) is 59.9 Å². The highest BCUT2D eigenvalue weighted by molar-refractivity contribution is 7.12. The lowest BCUT2D eigenvalue weighted by atomic mass is 9.94. The first-order chi connectivity index (χ1) is 25.0. The van der Waals surface area contributed by atoms with Gasteiger partial charge in [0, 0.05) is 44.3 Å². The predicted octanol–water partition coefficient (Wildman–Crippen LogP) is 3.61. The zero-order valence-electron chi connectivity index (χ0n) is 29.4. The second-order valence-corrected chi connectivity index (χ2v) is 16.5. The topological polar surface area (TPSA) is 165 Å². The molecule has 3 aromatic heterocycles. The summed E-state index contributed by atoms with van der Waals surface area (Å²) in [4.78, 5) is 43.9. The second kappa shape index (κ2) is 15.0. The fourth-order valence-electron chi connectivity index (χ4n) is 8.30. The Balaban J connectivity index is 0.835. The number of likely N-dealkylation sites (N-methyl/N-ethyl adjacent to an activating group) is 2. The van der Waals surface area contributed by atoms with Crippen LogP contribution >= 0.6 is 22.7 Å². The minimum atomic E-state index is -1.83. The molecule has 1 amide bonds. The molecule has 12 nitrogen and oxygen atoms in total. The first kappa shape index (κ1) is 36.7. The SMILES string of the molecule is CN(CC[N+]1(C)C2CC(OC(=O)C(O)(c3cccs3)c3cccs3)CC1C1OC12)C(=O)CCCCCNC[C@H](O)c1ccc(O)c2[nH]c(=O)ccc12. The number of thiophene rings is 2. The van der Waals surface area contributed by atoms with Crippen LogP contribution in [0.25, 0.3) is 10.9 Å². The van der Waals surface area contributed by atoms with Gasteiger partial charge in [-0.05, 0) is 60.0 Å². The van der Waals surface area contributed by atoms with E-state index in [1.165, 1.54) is 34.8 Å². The molecule has 0 aliphatic carbocycles. The van der Waals surface area contributed by atoms with Gasteiger partial charge in [0.2, 0.25) is 17.1 Å². The molecule has 5 atom stereocenters. The number of aliphatic hydroxyl groups is 2. The Labute approximate surface area is 310 Å². The van der Waals surface area contributed by atoms with Crippen LogP contribution in [0.5, 0.6) is 5.75 Å². The molecule has 3 saturated heterocycles. The number of aliphatic hydroxyl groups excluding tert-OH is 1. The van der Waals surface area contributed by atoms with E-state index in [9.17, 15) is 29.7 Å². The molecule has 278 valence electrons. The average Bonchev–Trinajstić information content (AvgIpc) is 3.43. The summed E-state index contributed by atoms with van der Waals surface area (Å²) in [7, 11) is 4.10. The number of pyridine rings is 1. The van der Waals surface area contributed by atoms with E-state index in [1.54, 1.807) is 24.3 Å². The Morgan fingerprint density at radius 2 is 1.75 bits per heavy atom. The molecule has 0 saturated carbocycles. The largest absolute Gasteiger partial charge is 0.506 e. The molecular weight excluding hydrogens is 705 g/mol. The maximum atomic E-state index is 13.6. The Hall–Kier alpha value is -3.63. The zero-order chi connectivity index (χ0) is 36.6. The molecule has 2 bridgehead atoms. The number of ether oxygens (including phenoxy) is 2. The predicted molar refractivity (Wildman–Crippen MR) is 198 cm³/mol. The maximum absolute atomic E-state index is 13.6. The van der Waals surface area contributed by atoms with Crippen molar-refractivity contribution in [3.05, 3.63) is 85.0 Å². The minimum Gasteiger partial charge on any atom is -0.506 e. The molecule has 7 rings (SSSR count). The van der Waals surface area contributed by atoms with Gasteiger partial charge in [0.25, 0.3) is 0 Å². The third-order valence-corrected chi connectivity index (χ3v) is 13.3. The van der Waals surface area contributed by atoms with E-state index in [1.807, 2.05) is 34.8 Å². The molecule has 3 aliphatic heterocycles. The lowest BCUT2D eigenvalue weighted by Crippen LogP contribution is -2.64. The quantitative estimate of drug-likeness (QED) is 0.0498. The van der Waals surface area contributed by atoms with Gasteiger partial charge >= 0.3 is 5.97 Å². The summed E-state index contributed by atoms with van der Waals surface area (Å²) >= 11 is 2.67. The highest BCUT2D eigenvalue weighted by Gasteiger charge is 2.72. The van der Waals surface area contributed by atoms with Crippen molar-refractivity contribution in [1.82, 2.24) is 15.2 Å². The standard InChI is InChI=1S/C38H46N4O8S2/c1-41(33(46)10-4-3-5-15-39-22-29(44)24-11-13-28(43)34-25(24)12-14-32(45)40-34)16-17-42(2)26-20-23(21-27(42)36-35(26)50-36)49-37(47)38(48,30-8-6-18-51-30)31-9-7-19-52-31/h6-9,11-14,18-19,23,26-27,29,35-36,39,44,48H,3-5,10,15-17,20-22H2,1-2H3,(H-,40,43,45)/p+1/t23?,26?,27?,29-,35?,36?,42?/m0/s1. The van der Waals surface area contributed by atoms with Crippen molar-refractivity contribution in [2.45, 2.75) is 80.6 Å². The third-order valence-electron chi connectivity index (χ3n) is 11.4. The molecule has 0 spiro atoms. The highest BCUT2D eigenvalue weighted by atomic mass is 32.1. The number of unbranched alkanes of at least 4 members (excludes halogenated alkanes) is 2. The van der Waals surface area contributed by atoms with Crippen LogP contribution in [0, 0.1) is 0 Å². The second-order valence-electron chi connectivity index (χ2n) is 14.6. The van der Waals surface area contributed by atoms with E-state index < -0.39 is 17.7 Å². The van der Waals surface area contributed by atoms with Gasteiger partial charge < -0.3 is 44.5 Å². The fourth-order valence-corrected chi connectivity index (χ4v) is 10.0. The van der Waals surface area contributed by atoms with Gasteiger partial charge in [-0.15, -0.1) is 22.7 Å². The van der Waals surface area contributed by atoms with Gasteiger partial charge in [0.1, 0.15) is 36.1 Å². The number of quaternary nitrogens is 1. The van der Waals surface area contributed by atoms with Gasteiger partial charge in [-0.25, -0.2) is 4.79 Å². The Bertz CT molecular complexity index is 1880. The van der Waals surface area contributed by atoms with E-state index in [0.29, 0.717) is 65.1 Å². The molecule has 4 aromatic rings. The molecule has 1 aromatic carbocycles. The van der Waals surface area contributed by atoms with E-state index in [2.05, 4.69) is 17.3 Å². The number of benzene rings is 1.